The molecule has 1 aliphatic heterocycles. The zero-order chi connectivity index (χ0) is 31.1. The van der Waals surface area contributed by atoms with Crippen LogP contribution in [-0.2, 0) is 11.2 Å². The Kier molecular flexibility index (Phi) is 10.1. The number of carbonyl (C=O) groups excluding carboxylic acids is 1. The van der Waals surface area contributed by atoms with E-state index in [-0.39, 0.29) is 11.7 Å². The molecule has 8 heteroatoms. The van der Waals surface area contributed by atoms with E-state index in [1.165, 1.54) is 0 Å². The number of hydrogen-bond donors (Lipinski definition) is 3. The molecular formula is C36H40N4O3S. The van der Waals surface area contributed by atoms with Gasteiger partial charge in [0.05, 0.1) is 0 Å². The van der Waals surface area contributed by atoms with E-state index < -0.39 is 0 Å². The van der Waals surface area contributed by atoms with Crippen molar-refractivity contribution in [3.8, 4) is 16.9 Å². The van der Waals surface area contributed by atoms with Crippen LogP contribution < -0.4 is 10.1 Å². The molecule has 0 spiro atoms. The van der Waals surface area contributed by atoms with E-state index in [4.69, 9.17) is 17.0 Å². The lowest BCUT2D eigenvalue weighted by Crippen LogP contribution is -2.32. The van der Waals surface area contributed by atoms with Crippen molar-refractivity contribution in [1.82, 2.24) is 20.1 Å². The Hall–Kier alpha value is -4.40. The Bertz CT molecular complexity index is 1670. The van der Waals surface area contributed by atoms with E-state index in [2.05, 4.69) is 66.0 Å². The van der Waals surface area contributed by atoms with Gasteiger partial charge in [0.2, 0.25) is 0 Å². The Morgan fingerprint density at radius 3 is 2.52 bits per heavy atom. The third-order valence-electron chi connectivity index (χ3n) is 7.80. The van der Waals surface area contributed by atoms with E-state index in [1.54, 1.807) is 4.90 Å². The Morgan fingerprint density at radius 1 is 1.02 bits per heavy atom. The van der Waals surface area contributed by atoms with Crippen molar-refractivity contribution >= 4 is 46.0 Å². The van der Waals surface area contributed by atoms with Gasteiger partial charge in [-0.05, 0) is 103 Å². The van der Waals surface area contributed by atoms with Gasteiger partial charge in [-0.1, -0.05) is 56.8 Å². The summed E-state index contributed by atoms with van der Waals surface area (Å²) in [7, 11) is 0. The number of aliphatic hydroxyl groups excluding tert-OH is 1. The Balaban J connectivity index is 1.35. The number of aliphatic hydroxyl groups is 1. The molecule has 228 valence electrons. The number of hydrogen-bond acceptors (Lipinski definition) is 5. The molecule has 5 rings (SSSR count). The minimum atomic E-state index is -0.155. The molecule has 44 heavy (non-hydrogen) atoms. The maximum Gasteiger partial charge on any atom is 0.276 e. The van der Waals surface area contributed by atoms with Crippen molar-refractivity contribution in [3.05, 3.63) is 102 Å². The summed E-state index contributed by atoms with van der Waals surface area (Å²) in [5.74, 6) is 0.691. The van der Waals surface area contributed by atoms with Crippen molar-refractivity contribution in [2.24, 2.45) is 0 Å². The van der Waals surface area contributed by atoms with Crippen LogP contribution in [0.25, 0.3) is 33.9 Å². The highest BCUT2D eigenvalue weighted by molar-refractivity contribution is 7.80. The number of amides is 1. The molecule has 0 saturated carbocycles. The van der Waals surface area contributed by atoms with Gasteiger partial charge in [-0.25, -0.2) is 0 Å². The number of aromatic nitrogens is 1. The molecule has 1 aliphatic rings. The quantitative estimate of drug-likeness (QED) is 0.0801. The van der Waals surface area contributed by atoms with Crippen molar-refractivity contribution in [1.29, 1.82) is 0 Å². The van der Waals surface area contributed by atoms with Crippen molar-refractivity contribution in [2.45, 2.75) is 33.1 Å². The predicted octanol–water partition coefficient (Wildman–Crippen LogP) is 7.16. The molecule has 1 saturated heterocycles. The molecule has 0 radical (unpaired) electrons. The lowest BCUT2D eigenvalue weighted by atomic mass is 10.00. The van der Waals surface area contributed by atoms with Gasteiger partial charge in [-0.15, -0.1) is 0 Å². The first-order valence-corrected chi connectivity index (χ1v) is 15.7. The summed E-state index contributed by atoms with van der Waals surface area (Å²) in [6, 6.07) is 21.9. The van der Waals surface area contributed by atoms with Crippen LogP contribution in [0.15, 0.2) is 85.2 Å². The lowest BCUT2D eigenvalue weighted by Gasteiger charge is -2.21. The van der Waals surface area contributed by atoms with Gasteiger partial charge in [-0.3, -0.25) is 14.6 Å². The number of aromatic amines is 1. The second kappa shape index (κ2) is 14.4. The van der Waals surface area contributed by atoms with Crippen LogP contribution in [0, 0.1) is 0 Å². The molecule has 3 N–H and O–H groups in total. The number of fused-ring (bicyclic) bond motifs is 1. The third-order valence-corrected chi connectivity index (χ3v) is 8.12. The van der Waals surface area contributed by atoms with E-state index >= 15 is 0 Å². The minimum absolute atomic E-state index is 0.0322. The van der Waals surface area contributed by atoms with Gasteiger partial charge in [0.1, 0.15) is 23.8 Å². The first-order valence-electron chi connectivity index (χ1n) is 15.2. The monoisotopic (exact) mass is 608 g/mol. The standard InChI is InChI=1S/C36H40N4O3S/c1-4-17-39(18-5-2)20-21-43-34-13-8-27(22-31(34)29-11-12-32-30(24-29)14-16-37-32)23-33-35(42)40(36(44)38-33)19-15-26-6-9-28(10-7-26)25(3)41/h6-14,16,22-24,37,41H,3-5,15,17-21H2,1-2H3,(H,38,44)/b33-23-. The number of rotatable bonds is 14. The molecule has 2 heterocycles. The second-order valence-corrected chi connectivity index (χ2v) is 11.5. The van der Waals surface area contributed by atoms with Crippen LogP contribution >= 0.6 is 12.2 Å². The number of thiocarbonyl (C=S) groups is 1. The highest BCUT2D eigenvalue weighted by Crippen LogP contribution is 2.34. The summed E-state index contributed by atoms with van der Waals surface area (Å²) in [5, 5.41) is 14.2. The Labute approximate surface area is 264 Å². The number of ether oxygens (including phenoxy) is 1. The average Bonchev–Trinajstić information content (AvgIpc) is 3.60. The molecule has 1 aromatic heterocycles. The largest absolute Gasteiger partial charge is 0.508 e. The molecule has 7 nitrogen and oxygen atoms in total. The van der Waals surface area contributed by atoms with E-state index in [0.29, 0.717) is 35.9 Å². The van der Waals surface area contributed by atoms with Crippen LogP contribution in [0.3, 0.4) is 0 Å². The van der Waals surface area contributed by atoms with Crippen LogP contribution in [0.4, 0.5) is 0 Å². The van der Waals surface area contributed by atoms with Crippen LogP contribution in [-0.4, -0.2) is 63.7 Å². The fraction of sp³-hybridized carbons (Fsp3) is 0.278. The second-order valence-electron chi connectivity index (χ2n) is 11.1. The van der Waals surface area contributed by atoms with Gasteiger partial charge >= 0.3 is 0 Å². The number of carbonyl (C=O) groups is 1. The molecule has 0 unspecified atom stereocenters. The molecule has 1 fully saturated rings. The highest BCUT2D eigenvalue weighted by Gasteiger charge is 2.30. The molecular weight excluding hydrogens is 568 g/mol. The number of nitrogens with one attached hydrogen (secondary N) is 2. The maximum absolute atomic E-state index is 13.4. The first kappa shape index (κ1) is 31.0. The molecule has 0 bridgehead atoms. The fourth-order valence-electron chi connectivity index (χ4n) is 5.51. The van der Waals surface area contributed by atoms with Crippen LogP contribution in [0.2, 0.25) is 0 Å². The minimum Gasteiger partial charge on any atom is -0.508 e. The molecule has 4 aromatic rings. The van der Waals surface area contributed by atoms with Gasteiger partial charge in [0.15, 0.2) is 5.11 Å². The average molecular weight is 609 g/mol. The zero-order valence-electron chi connectivity index (χ0n) is 25.4. The topological polar surface area (TPSA) is 80.8 Å². The van der Waals surface area contributed by atoms with Crippen molar-refractivity contribution in [2.75, 3.05) is 32.8 Å². The van der Waals surface area contributed by atoms with Crippen LogP contribution in [0.5, 0.6) is 5.75 Å². The number of H-pyrrole nitrogens is 1. The van der Waals surface area contributed by atoms with Gasteiger partial charge in [0.25, 0.3) is 5.91 Å². The molecule has 0 atom stereocenters. The maximum atomic E-state index is 13.4. The summed E-state index contributed by atoms with van der Waals surface area (Å²) < 4.78 is 6.38. The van der Waals surface area contributed by atoms with E-state index in [1.807, 2.05) is 48.7 Å². The van der Waals surface area contributed by atoms with Gasteiger partial charge < -0.3 is 20.1 Å². The Morgan fingerprint density at radius 2 is 1.80 bits per heavy atom. The fourth-order valence-corrected chi connectivity index (χ4v) is 5.79. The SMILES string of the molecule is C=C(O)c1ccc(CCN2C(=O)/C(=C/c3ccc(OCCN(CCC)CCC)c(-c4ccc5[nH]ccc5c4)c3)NC2=S)cc1. The summed E-state index contributed by atoms with van der Waals surface area (Å²) >= 11 is 5.53. The smallest absolute Gasteiger partial charge is 0.276 e. The number of benzene rings is 3. The van der Waals surface area contributed by atoms with Crippen molar-refractivity contribution < 1.29 is 14.6 Å². The number of nitrogens with zero attached hydrogens (tertiary/aromatic N) is 2. The summed E-state index contributed by atoms with van der Waals surface area (Å²) in [6.45, 7) is 12.0. The first-order chi connectivity index (χ1) is 21.4. The summed E-state index contributed by atoms with van der Waals surface area (Å²) in [4.78, 5) is 20.7. The van der Waals surface area contributed by atoms with Gasteiger partial charge in [0, 0.05) is 35.9 Å². The third kappa shape index (κ3) is 7.38. The van der Waals surface area contributed by atoms with E-state index in [0.717, 1.165) is 71.4 Å². The molecule has 0 aliphatic carbocycles. The van der Waals surface area contributed by atoms with Crippen LogP contribution in [0.1, 0.15) is 43.4 Å². The van der Waals surface area contributed by atoms with Crippen molar-refractivity contribution in [3.63, 3.8) is 0 Å². The van der Waals surface area contributed by atoms with Gasteiger partial charge in [-0.2, -0.15) is 0 Å². The van der Waals surface area contributed by atoms with E-state index in [9.17, 15) is 9.90 Å². The molecule has 3 aromatic carbocycles. The summed E-state index contributed by atoms with van der Waals surface area (Å²) in [6.07, 6.45) is 6.66. The molecule has 1 amide bonds. The normalized spacial score (nSPS) is 14.2. The highest BCUT2D eigenvalue weighted by atomic mass is 32.1. The predicted molar refractivity (Wildman–Crippen MR) is 183 cm³/mol. The lowest BCUT2D eigenvalue weighted by molar-refractivity contribution is -0.122. The summed E-state index contributed by atoms with van der Waals surface area (Å²) in [5.41, 5.74) is 6.12. The zero-order valence-corrected chi connectivity index (χ0v) is 26.3.